The Morgan fingerprint density at radius 3 is 2.46 bits per heavy atom. The van der Waals surface area contributed by atoms with Crippen LogP contribution in [0, 0.1) is 5.92 Å². The average molecular weight is 529 g/mol. The molecule has 1 aliphatic carbocycles. The van der Waals surface area contributed by atoms with Gasteiger partial charge in [0.1, 0.15) is 5.60 Å². The van der Waals surface area contributed by atoms with Gasteiger partial charge in [-0.15, -0.1) is 0 Å². The maximum atomic E-state index is 12.6. The zero-order valence-corrected chi connectivity index (χ0v) is 24.4. The number of fused-ring (bicyclic) bond motifs is 2. The maximum absolute atomic E-state index is 12.6. The quantitative estimate of drug-likeness (QED) is 0.430. The van der Waals surface area contributed by atoms with Crippen molar-refractivity contribution in [2.75, 3.05) is 19.7 Å². The number of rotatable bonds is 3. The van der Waals surface area contributed by atoms with E-state index in [0.717, 1.165) is 41.7 Å². The van der Waals surface area contributed by atoms with Gasteiger partial charge in [0.2, 0.25) is 0 Å². The van der Waals surface area contributed by atoms with Crippen molar-refractivity contribution in [3.05, 3.63) is 63.8 Å². The van der Waals surface area contributed by atoms with E-state index in [2.05, 4.69) is 24.3 Å². The van der Waals surface area contributed by atoms with Gasteiger partial charge in [-0.2, -0.15) is 0 Å². The first-order valence-electron chi connectivity index (χ1n) is 13.8. The molecule has 1 N–H and O–H groups in total. The first-order valence-corrected chi connectivity index (χ1v) is 14.2. The summed E-state index contributed by atoms with van der Waals surface area (Å²) in [6.07, 6.45) is 11.2. The Balaban J connectivity index is 0.00000115. The Hall–Kier alpha value is -2.37. The van der Waals surface area contributed by atoms with Crippen molar-refractivity contribution in [2.45, 2.75) is 85.7 Å². The number of nitrogens with zero attached hydrogens (tertiary/aromatic N) is 2. The summed E-state index contributed by atoms with van der Waals surface area (Å²) in [6, 6.07) is 6.08. The summed E-state index contributed by atoms with van der Waals surface area (Å²) >= 11 is 6.38. The summed E-state index contributed by atoms with van der Waals surface area (Å²) in [5.41, 5.74) is 5.08. The van der Waals surface area contributed by atoms with Crippen LogP contribution < -0.4 is 0 Å². The minimum absolute atomic E-state index is 0.0821. The summed E-state index contributed by atoms with van der Waals surface area (Å²) in [7, 11) is 0. The minimum atomic E-state index is -0.497. The average Bonchev–Trinajstić information content (AvgIpc) is 3.18. The van der Waals surface area contributed by atoms with E-state index in [1.54, 1.807) is 0 Å². The molecule has 2 heterocycles. The van der Waals surface area contributed by atoms with Crippen LogP contribution in [0.5, 0.6) is 0 Å². The number of amides is 1. The van der Waals surface area contributed by atoms with E-state index in [9.17, 15) is 9.90 Å². The van der Waals surface area contributed by atoms with Gasteiger partial charge in [0, 0.05) is 36.8 Å². The SMILES string of the molecule is CC.CC.CC(C)(C)OC(=O)N1CCC(C2C3=NC=CCC=C3C(CCO)=Cc3cc(Cl)ccc32)CC1. The molecule has 1 fully saturated rings. The number of aliphatic hydroxyl groups excluding tert-OH is 1. The number of likely N-dealkylation sites (tertiary alicyclic amines) is 1. The van der Waals surface area contributed by atoms with Crippen LogP contribution in [-0.4, -0.2) is 47.1 Å². The topological polar surface area (TPSA) is 62.1 Å². The molecule has 1 amide bonds. The van der Waals surface area contributed by atoms with Crippen molar-refractivity contribution in [1.29, 1.82) is 0 Å². The van der Waals surface area contributed by atoms with Crippen molar-refractivity contribution < 1.29 is 14.6 Å². The van der Waals surface area contributed by atoms with Gasteiger partial charge in [0.25, 0.3) is 0 Å². The number of carbonyl (C=O) groups excluding carboxylic acids is 1. The number of ether oxygens (including phenoxy) is 1. The largest absolute Gasteiger partial charge is 0.444 e. The Bertz CT molecular complexity index is 1030. The number of carbonyl (C=O) groups is 1. The van der Waals surface area contributed by atoms with Gasteiger partial charge in [-0.05, 0) is 86.8 Å². The number of piperidine rings is 1. The summed E-state index contributed by atoms with van der Waals surface area (Å²) in [5.74, 6) is 0.429. The van der Waals surface area contributed by atoms with Crippen LogP contribution in [0.15, 0.2) is 52.7 Å². The number of halogens is 1. The number of allylic oxidation sites excluding steroid dienone is 3. The molecule has 1 saturated heterocycles. The third kappa shape index (κ3) is 8.05. The monoisotopic (exact) mass is 528 g/mol. The van der Waals surface area contributed by atoms with Gasteiger partial charge in [-0.25, -0.2) is 4.79 Å². The lowest BCUT2D eigenvalue weighted by molar-refractivity contribution is 0.0181. The molecule has 1 aromatic rings. The van der Waals surface area contributed by atoms with Crippen LogP contribution in [0.25, 0.3) is 6.08 Å². The smallest absolute Gasteiger partial charge is 0.410 e. The lowest BCUT2D eigenvalue weighted by atomic mass is 9.74. The van der Waals surface area contributed by atoms with Crippen molar-refractivity contribution in [2.24, 2.45) is 10.9 Å². The molecular weight excluding hydrogens is 484 g/mol. The van der Waals surface area contributed by atoms with Crippen LogP contribution in [-0.2, 0) is 4.74 Å². The fourth-order valence-corrected chi connectivity index (χ4v) is 5.19. The Morgan fingerprint density at radius 2 is 1.84 bits per heavy atom. The predicted octanol–water partition coefficient (Wildman–Crippen LogP) is 8.19. The summed E-state index contributed by atoms with van der Waals surface area (Å²) in [6.45, 7) is 15.1. The standard InChI is InChI=1S/C27H33ClN2O3.2C2H6/c1-27(2,3)33-26(32)30-13-9-18(10-14-30)24-22-8-7-21(28)17-20(22)16-19(11-15-31)23-6-4-5-12-29-25(23)24;2*1-2/h5-8,12,16-18,24,31H,4,9-11,13-15H2,1-3H3;2*1-2H3. The third-order valence-corrected chi connectivity index (χ3v) is 6.69. The highest BCUT2D eigenvalue weighted by atomic mass is 35.5. The Kier molecular flexibility index (Phi) is 12.1. The second-order valence-corrected chi connectivity index (χ2v) is 10.4. The molecule has 0 saturated carbocycles. The van der Waals surface area contributed by atoms with Crippen LogP contribution in [0.2, 0.25) is 5.02 Å². The van der Waals surface area contributed by atoms with Crippen molar-refractivity contribution >= 4 is 29.5 Å². The molecule has 1 atom stereocenters. The first kappa shape index (κ1) is 30.9. The summed E-state index contributed by atoms with van der Waals surface area (Å²) in [4.78, 5) is 19.3. The van der Waals surface area contributed by atoms with Crippen molar-refractivity contribution in [1.82, 2.24) is 4.90 Å². The van der Waals surface area contributed by atoms with E-state index < -0.39 is 5.60 Å². The zero-order valence-electron chi connectivity index (χ0n) is 23.7. The van der Waals surface area contributed by atoms with Gasteiger partial charge < -0.3 is 14.7 Å². The van der Waals surface area contributed by atoms with E-state index >= 15 is 0 Å². The Morgan fingerprint density at radius 1 is 1.16 bits per heavy atom. The second kappa shape index (κ2) is 14.5. The van der Waals surface area contributed by atoms with E-state index in [1.165, 1.54) is 5.56 Å². The van der Waals surface area contributed by atoms with E-state index in [4.69, 9.17) is 21.3 Å². The highest BCUT2D eigenvalue weighted by molar-refractivity contribution is 6.30. The first-order chi connectivity index (χ1) is 17.8. The zero-order chi connectivity index (χ0) is 27.6. The molecule has 6 heteroatoms. The number of aliphatic hydroxyl groups is 1. The molecule has 0 aromatic heterocycles. The van der Waals surface area contributed by atoms with Gasteiger partial charge in [-0.1, -0.05) is 63.6 Å². The number of hydrogen-bond acceptors (Lipinski definition) is 4. The number of aliphatic imine (C=N–C) groups is 1. The normalized spacial score (nSPS) is 19.2. The molecule has 5 nitrogen and oxygen atoms in total. The number of benzene rings is 1. The molecule has 2 aliphatic heterocycles. The molecule has 0 bridgehead atoms. The highest BCUT2D eigenvalue weighted by Gasteiger charge is 2.37. The summed E-state index contributed by atoms with van der Waals surface area (Å²) < 4.78 is 5.59. The molecule has 4 rings (SSSR count). The molecule has 3 aliphatic rings. The van der Waals surface area contributed by atoms with Gasteiger partial charge in [0.05, 0.1) is 5.71 Å². The van der Waals surface area contributed by atoms with Gasteiger partial charge in [-0.3, -0.25) is 4.99 Å². The lowest BCUT2D eigenvalue weighted by Gasteiger charge is -2.37. The molecule has 37 heavy (non-hydrogen) atoms. The van der Waals surface area contributed by atoms with Gasteiger partial charge >= 0.3 is 6.09 Å². The van der Waals surface area contributed by atoms with Crippen LogP contribution in [0.1, 0.15) is 91.2 Å². The van der Waals surface area contributed by atoms with Crippen LogP contribution in [0.4, 0.5) is 4.79 Å². The molecule has 1 aromatic carbocycles. The molecule has 0 spiro atoms. The van der Waals surface area contributed by atoms with Gasteiger partial charge in [0.15, 0.2) is 0 Å². The fraction of sp³-hybridized carbons (Fsp3) is 0.548. The molecule has 0 radical (unpaired) electrons. The lowest BCUT2D eigenvalue weighted by Crippen LogP contribution is -2.43. The molecule has 1 unspecified atom stereocenters. The van der Waals surface area contributed by atoms with E-state index in [-0.39, 0.29) is 18.6 Å². The minimum Gasteiger partial charge on any atom is -0.444 e. The third-order valence-electron chi connectivity index (χ3n) is 6.45. The fourth-order valence-electron chi connectivity index (χ4n) is 5.01. The maximum Gasteiger partial charge on any atom is 0.410 e. The Labute approximate surface area is 229 Å². The van der Waals surface area contributed by atoms with Crippen LogP contribution >= 0.6 is 11.6 Å². The second-order valence-electron chi connectivity index (χ2n) is 9.95. The van der Waals surface area contributed by atoms with E-state index in [0.29, 0.717) is 30.5 Å². The van der Waals surface area contributed by atoms with Crippen molar-refractivity contribution in [3.63, 3.8) is 0 Å². The molecular formula is C31H45ClN2O3. The van der Waals surface area contributed by atoms with Crippen molar-refractivity contribution in [3.8, 4) is 0 Å². The van der Waals surface area contributed by atoms with Crippen LogP contribution in [0.3, 0.4) is 0 Å². The predicted molar refractivity (Wildman–Crippen MR) is 156 cm³/mol. The highest BCUT2D eigenvalue weighted by Crippen LogP contribution is 2.43. The van der Waals surface area contributed by atoms with E-state index in [1.807, 2.05) is 71.7 Å². The number of hydrogen-bond donors (Lipinski definition) is 1. The summed E-state index contributed by atoms with van der Waals surface area (Å²) in [5, 5.41) is 10.4. The molecule has 204 valence electrons.